The molecule has 8 nitrogen and oxygen atoms in total. The molecule has 1 atom stereocenters. The Balaban J connectivity index is 2.11. The maximum atomic E-state index is 12.3. The molecule has 1 fully saturated rings. The Morgan fingerprint density at radius 2 is 1.95 bits per heavy atom. The van der Waals surface area contributed by atoms with Crippen LogP contribution in [-0.2, 0) is 14.8 Å². The molecule has 1 N–H and O–H groups in total. The van der Waals surface area contributed by atoms with Gasteiger partial charge in [-0.15, -0.1) is 0 Å². The average molecular weight is 327 g/mol. The van der Waals surface area contributed by atoms with Crippen LogP contribution < -0.4 is 5.32 Å². The summed E-state index contributed by atoms with van der Waals surface area (Å²) in [7, 11) is -3.45. The highest BCUT2D eigenvalue weighted by atomic mass is 32.2. The third-order valence-corrected chi connectivity index (χ3v) is 4.82. The van der Waals surface area contributed by atoms with Crippen molar-refractivity contribution in [3.8, 4) is 0 Å². The van der Waals surface area contributed by atoms with Gasteiger partial charge in [-0.3, -0.25) is 14.9 Å². The zero-order valence-electron chi connectivity index (χ0n) is 12.1. The summed E-state index contributed by atoms with van der Waals surface area (Å²) in [4.78, 5) is 22.3. The van der Waals surface area contributed by atoms with Crippen molar-refractivity contribution in [3.05, 3.63) is 34.4 Å². The number of sulfonamides is 1. The van der Waals surface area contributed by atoms with Crippen molar-refractivity contribution in [2.24, 2.45) is 0 Å². The van der Waals surface area contributed by atoms with Gasteiger partial charge in [0.25, 0.3) is 5.69 Å². The highest BCUT2D eigenvalue weighted by Gasteiger charge is 2.34. The topological polar surface area (TPSA) is 110 Å². The fraction of sp³-hybridized carbons (Fsp3) is 0.462. The van der Waals surface area contributed by atoms with Crippen molar-refractivity contribution in [1.82, 2.24) is 4.31 Å². The van der Waals surface area contributed by atoms with Crippen molar-refractivity contribution in [2.75, 3.05) is 18.1 Å². The first-order valence-electron chi connectivity index (χ1n) is 6.81. The smallest absolute Gasteiger partial charge is 0.269 e. The Morgan fingerprint density at radius 3 is 2.50 bits per heavy atom. The van der Waals surface area contributed by atoms with Crippen LogP contribution in [0.15, 0.2) is 24.3 Å². The summed E-state index contributed by atoms with van der Waals surface area (Å²) in [5.74, 6) is -0.418. The van der Waals surface area contributed by atoms with Crippen LogP contribution in [0.1, 0.15) is 19.3 Å². The van der Waals surface area contributed by atoms with Crippen LogP contribution in [0.5, 0.6) is 0 Å². The van der Waals surface area contributed by atoms with Crippen LogP contribution in [-0.4, -0.2) is 42.4 Å². The molecule has 1 saturated heterocycles. The number of piperidine rings is 1. The molecular formula is C13H17N3O5S. The Bertz CT molecular complexity index is 671. The van der Waals surface area contributed by atoms with Crippen molar-refractivity contribution < 1.29 is 18.1 Å². The molecule has 1 heterocycles. The van der Waals surface area contributed by atoms with E-state index in [9.17, 15) is 23.3 Å². The lowest BCUT2D eigenvalue weighted by Crippen LogP contribution is -2.49. The summed E-state index contributed by atoms with van der Waals surface area (Å²) in [5.41, 5.74) is 0.322. The molecule has 0 radical (unpaired) electrons. The number of rotatable bonds is 4. The van der Waals surface area contributed by atoms with Crippen LogP contribution in [0.4, 0.5) is 11.4 Å². The zero-order chi connectivity index (χ0) is 16.3. The van der Waals surface area contributed by atoms with E-state index in [2.05, 4.69) is 5.32 Å². The third-order valence-electron chi connectivity index (χ3n) is 3.53. The lowest BCUT2D eigenvalue weighted by Gasteiger charge is -2.32. The molecule has 1 unspecified atom stereocenters. The van der Waals surface area contributed by atoms with Gasteiger partial charge < -0.3 is 5.32 Å². The summed E-state index contributed by atoms with van der Waals surface area (Å²) >= 11 is 0. The number of non-ortho nitro benzene ring substituents is 1. The molecule has 0 aliphatic carbocycles. The fourth-order valence-electron chi connectivity index (χ4n) is 2.46. The predicted molar refractivity (Wildman–Crippen MR) is 80.9 cm³/mol. The van der Waals surface area contributed by atoms with E-state index in [1.54, 1.807) is 0 Å². The predicted octanol–water partition coefficient (Wildman–Crippen LogP) is 1.35. The van der Waals surface area contributed by atoms with Gasteiger partial charge >= 0.3 is 0 Å². The van der Waals surface area contributed by atoms with Gasteiger partial charge in [-0.25, -0.2) is 8.42 Å². The van der Waals surface area contributed by atoms with Crippen molar-refractivity contribution >= 4 is 27.3 Å². The number of hydrogen-bond acceptors (Lipinski definition) is 5. The second-order valence-corrected chi connectivity index (χ2v) is 7.11. The van der Waals surface area contributed by atoms with Crippen LogP contribution >= 0.6 is 0 Å². The highest BCUT2D eigenvalue weighted by Crippen LogP contribution is 2.22. The minimum absolute atomic E-state index is 0.0755. The quantitative estimate of drug-likeness (QED) is 0.663. The van der Waals surface area contributed by atoms with Crippen LogP contribution in [0.3, 0.4) is 0 Å². The summed E-state index contributed by atoms with van der Waals surface area (Å²) in [6.07, 6.45) is 3.06. The van der Waals surface area contributed by atoms with E-state index in [0.717, 1.165) is 19.1 Å². The van der Waals surface area contributed by atoms with E-state index in [0.29, 0.717) is 18.7 Å². The molecule has 1 amide bonds. The Labute approximate surface area is 128 Å². The van der Waals surface area contributed by atoms with Crippen LogP contribution in [0.25, 0.3) is 0 Å². The molecule has 1 aromatic carbocycles. The first-order valence-corrected chi connectivity index (χ1v) is 8.66. The molecule has 0 bridgehead atoms. The van der Waals surface area contributed by atoms with E-state index in [1.807, 2.05) is 0 Å². The van der Waals surface area contributed by atoms with Gasteiger partial charge in [0.15, 0.2) is 0 Å². The highest BCUT2D eigenvalue weighted by molar-refractivity contribution is 7.88. The Hall–Kier alpha value is -2.00. The first-order chi connectivity index (χ1) is 10.3. The molecule has 1 aliphatic rings. The molecule has 1 aromatic rings. The van der Waals surface area contributed by atoms with E-state index in [4.69, 9.17) is 0 Å². The van der Waals surface area contributed by atoms with Gasteiger partial charge in [0.05, 0.1) is 11.2 Å². The molecule has 0 spiro atoms. The molecule has 2 rings (SSSR count). The minimum Gasteiger partial charge on any atom is -0.325 e. The molecule has 0 saturated carbocycles. The lowest BCUT2D eigenvalue weighted by molar-refractivity contribution is -0.384. The number of nitrogens with zero attached hydrogens (tertiary/aromatic N) is 2. The Kier molecular flexibility index (Phi) is 4.77. The summed E-state index contributed by atoms with van der Waals surface area (Å²) < 4.78 is 24.7. The minimum atomic E-state index is -3.45. The molecule has 22 heavy (non-hydrogen) atoms. The van der Waals surface area contributed by atoms with Crippen molar-refractivity contribution in [1.29, 1.82) is 0 Å². The Morgan fingerprint density at radius 1 is 1.32 bits per heavy atom. The number of carbonyl (C=O) groups is 1. The van der Waals surface area contributed by atoms with Gasteiger partial charge in [0.2, 0.25) is 15.9 Å². The lowest BCUT2D eigenvalue weighted by atomic mass is 10.0. The fourth-order valence-corrected chi connectivity index (χ4v) is 3.58. The number of nitro benzene ring substituents is 1. The zero-order valence-corrected chi connectivity index (χ0v) is 12.9. The maximum absolute atomic E-state index is 12.3. The third kappa shape index (κ3) is 3.80. The van der Waals surface area contributed by atoms with E-state index in [-0.39, 0.29) is 5.69 Å². The van der Waals surface area contributed by atoms with Crippen LogP contribution in [0, 0.1) is 10.1 Å². The number of carbonyl (C=O) groups excluding carboxylic acids is 1. The molecule has 9 heteroatoms. The molecule has 0 aromatic heterocycles. The normalized spacial score (nSPS) is 19.6. The monoisotopic (exact) mass is 327 g/mol. The standard InChI is InChI=1S/C13H17N3O5S/c1-22(20,21)15-9-3-2-4-12(15)13(17)14-10-5-7-11(8-6-10)16(18)19/h5-8,12H,2-4,9H2,1H3,(H,14,17). The molecular weight excluding hydrogens is 310 g/mol. The van der Waals surface area contributed by atoms with Gasteiger partial charge in [-0.05, 0) is 25.0 Å². The van der Waals surface area contributed by atoms with Gasteiger partial charge in [-0.2, -0.15) is 4.31 Å². The average Bonchev–Trinajstić information content (AvgIpc) is 2.47. The first kappa shape index (κ1) is 16.4. The van der Waals surface area contributed by atoms with Gasteiger partial charge in [-0.1, -0.05) is 6.42 Å². The van der Waals surface area contributed by atoms with Crippen molar-refractivity contribution in [3.63, 3.8) is 0 Å². The number of amides is 1. The summed E-state index contributed by atoms with van der Waals surface area (Å²) in [6, 6.07) is 4.67. The van der Waals surface area contributed by atoms with E-state index < -0.39 is 26.9 Å². The number of anilines is 1. The second kappa shape index (κ2) is 6.41. The van der Waals surface area contributed by atoms with Crippen molar-refractivity contribution in [2.45, 2.75) is 25.3 Å². The summed E-state index contributed by atoms with van der Waals surface area (Å²) in [6.45, 7) is 0.331. The summed E-state index contributed by atoms with van der Waals surface area (Å²) in [5, 5.41) is 13.2. The van der Waals surface area contributed by atoms with E-state index >= 15 is 0 Å². The number of nitro groups is 1. The molecule has 1 aliphatic heterocycles. The number of nitrogens with one attached hydrogen (secondary N) is 1. The van der Waals surface area contributed by atoms with Crippen LogP contribution in [0.2, 0.25) is 0 Å². The number of benzene rings is 1. The molecule has 120 valence electrons. The maximum Gasteiger partial charge on any atom is 0.269 e. The van der Waals surface area contributed by atoms with Gasteiger partial charge in [0, 0.05) is 24.4 Å². The largest absolute Gasteiger partial charge is 0.325 e. The number of hydrogen-bond donors (Lipinski definition) is 1. The van der Waals surface area contributed by atoms with Gasteiger partial charge in [0.1, 0.15) is 6.04 Å². The SMILES string of the molecule is CS(=O)(=O)N1CCCCC1C(=O)Nc1ccc([N+](=O)[O-])cc1. The van der Waals surface area contributed by atoms with E-state index in [1.165, 1.54) is 28.6 Å². The second-order valence-electron chi connectivity index (χ2n) is 5.18.